The molecule has 1 N–H and O–H groups in total. The maximum atomic E-state index is 11.9. The number of benzene rings is 1. The highest BCUT2D eigenvalue weighted by atomic mass is 16.5. The second-order valence-electron chi connectivity index (χ2n) is 5.04. The standard InChI is InChI=1S/C16H24O3/c1-4-6-7-13(5-2)11-19-16(18)14-10-12(3)8-9-15(14)17/h8-10,13,17H,4-7,11H2,1-3H3. The molecule has 0 saturated carbocycles. The predicted molar refractivity (Wildman–Crippen MR) is 76.4 cm³/mol. The normalized spacial score (nSPS) is 12.2. The number of aryl methyl sites for hydroxylation is 1. The molecular formula is C16H24O3. The van der Waals surface area contributed by atoms with Crippen LogP contribution in [0, 0.1) is 12.8 Å². The molecule has 1 rings (SSSR count). The minimum atomic E-state index is -0.434. The molecule has 0 aliphatic heterocycles. The van der Waals surface area contributed by atoms with Crippen LogP contribution in [0.5, 0.6) is 5.75 Å². The minimum absolute atomic E-state index is 0.0165. The van der Waals surface area contributed by atoms with E-state index in [0.29, 0.717) is 12.5 Å². The number of carbonyl (C=O) groups is 1. The van der Waals surface area contributed by atoms with Crippen LogP contribution in [0.1, 0.15) is 55.5 Å². The van der Waals surface area contributed by atoms with Gasteiger partial charge >= 0.3 is 5.97 Å². The van der Waals surface area contributed by atoms with Gasteiger partial charge in [0.05, 0.1) is 6.61 Å². The van der Waals surface area contributed by atoms with Gasteiger partial charge in [-0.05, 0) is 31.4 Å². The zero-order valence-corrected chi connectivity index (χ0v) is 12.1. The van der Waals surface area contributed by atoms with Crippen molar-refractivity contribution in [2.45, 2.75) is 46.5 Å². The van der Waals surface area contributed by atoms with E-state index in [4.69, 9.17) is 4.74 Å². The van der Waals surface area contributed by atoms with Gasteiger partial charge in [-0.3, -0.25) is 0 Å². The van der Waals surface area contributed by atoms with Crippen LogP contribution in [0.4, 0.5) is 0 Å². The topological polar surface area (TPSA) is 46.5 Å². The molecule has 1 aromatic rings. The largest absolute Gasteiger partial charge is 0.507 e. The van der Waals surface area contributed by atoms with Crippen LogP contribution in [0.3, 0.4) is 0 Å². The number of carbonyl (C=O) groups excluding carboxylic acids is 1. The van der Waals surface area contributed by atoms with Crippen LogP contribution < -0.4 is 0 Å². The first kappa shape index (κ1) is 15.5. The highest BCUT2D eigenvalue weighted by Crippen LogP contribution is 2.20. The summed E-state index contributed by atoms with van der Waals surface area (Å²) in [5.74, 6) is -0.0378. The number of unbranched alkanes of at least 4 members (excludes halogenated alkanes) is 1. The highest BCUT2D eigenvalue weighted by Gasteiger charge is 2.15. The summed E-state index contributed by atoms with van der Waals surface area (Å²) in [5.41, 5.74) is 1.19. The summed E-state index contributed by atoms with van der Waals surface area (Å²) >= 11 is 0. The molecule has 0 aromatic heterocycles. The smallest absolute Gasteiger partial charge is 0.341 e. The van der Waals surface area contributed by atoms with Crippen molar-refractivity contribution < 1.29 is 14.6 Å². The molecule has 1 aromatic carbocycles. The summed E-state index contributed by atoms with van der Waals surface area (Å²) in [5, 5.41) is 9.67. The van der Waals surface area contributed by atoms with Crippen molar-refractivity contribution in [1.82, 2.24) is 0 Å². The van der Waals surface area contributed by atoms with Gasteiger partial charge < -0.3 is 9.84 Å². The average molecular weight is 264 g/mol. The summed E-state index contributed by atoms with van der Waals surface area (Å²) in [6.45, 7) is 6.58. The molecule has 1 atom stereocenters. The number of phenols is 1. The molecule has 0 spiro atoms. The monoisotopic (exact) mass is 264 g/mol. The summed E-state index contributed by atoms with van der Waals surface area (Å²) < 4.78 is 5.32. The van der Waals surface area contributed by atoms with Gasteiger partial charge in [0.25, 0.3) is 0 Å². The third kappa shape index (κ3) is 4.93. The Bertz CT molecular complexity index is 412. The number of hydrogen-bond donors (Lipinski definition) is 1. The lowest BCUT2D eigenvalue weighted by Crippen LogP contribution is -2.14. The van der Waals surface area contributed by atoms with Crippen molar-refractivity contribution in [3.63, 3.8) is 0 Å². The van der Waals surface area contributed by atoms with Gasteiger partial charge in [-0.2, -0.15) is 0 Å². The molecule has 0 bridgehead atoms. The zero-order chi connectivity index (χ0) is 14.3. The molecule has 0 heterocycles. The molecule has 0 saturated heterocycles. The van der Waals surface area contributed by atoms with E-state index in [-0.39, 0.29) is 11.3 Å². The Morgan fingerprint density at radius 3 is 2.74 bits per heavy atom. The van der Waals surface area contributed by atoms with Crippen molar-refractivity contribution in [3.8, 4) is 5.75 Å². The Morgan fingerprint density at radius 2 is 2.11 bits per heavy atom. The van der Waals surface area contributed by atoms with E-state index in [0.717, 1.165) is 31.2 Å². The quantitative estimate of drug-likeness (QED) is 0.755. The fourth-order valence-electron chi connectivity index (χ4n) is 1.98. The summed E-state index contributed by atoms with van der Waals surface area (Å²) in [6.07, 6.45) is 4.40. The van der Waals surface area contributed by atoms with E-state index >= 15 is 0 Å². The van der Waals surface area contributed by atoms with Gasteiger partial charge in [0.15, 0.2) is 0 Å². The van der Waals surface area contributed by atoms with Crippen LogP contribution in [0.25, 0.3) is 0 Å². The van der Waals surface area contributed by atoms with E-state index in [2.05, 4.69) is 13.8 Å². The highest BCUT2D eigenvalue weighted by molar-refractivity contribution is 5.92. The van der Waals surface area contributed by atoms with Crippen LogP contribution in [-0.4, -0.2) is 17.7 Å². The molecule has 0 aliphatic carbocycles. The van der Waals surface area contributed by atoms with E-state index in [1.165, 1.54) is 6.07 Å². The second-order valence-corrected chi connectivity index (χ2v) is 5.04. The molecule has 3 heteroatoms. The predicted octanol–water partition coefficient (Wildman–Crippen LogP) is 4.07. The van der Waals surface area contributed by atoms with Crippen molar-refractivity contribution in [1.29, 1.82) is 0 Å². The maximum Gasteiger partial charge on any atom is 0.341 e. The molecule has 0 aliphatic rings. The number of rotatable bonds is 7. The van der Waals surface area contributed by atoms with Crippen LogP contribution in [0.2, 0.25) is 0 Å². The minimum Gasteiger partial charge on any atom is -0.507 e. The van der Waals surface area contributed by atoms with Crippen molar-refractivity contribution in [2.75, 3.05) is 6.61 Å². The van der Waals surface area contributed by atoms with Gasteiger partial charge in [-0.1, -0.05) is 44.7 Å². The molecule has 0 fully saturated rings. The lowest BCUT2D eigenvalue weighted by atomic mass is 10.0. The molecule has 19 heavy (non-hydrogen) atoms. The van der Waals surface area contributed by atoms with Crippen molar-refractivity contribution >= 4 is 5.97 Å². The Labute approximate surface area is 115 Å². The van der Waals surface area contributed by atoms with Gasteiger partial charge in [-0.25, -0.2) is 4.79 Å². The Balaban J connectivity index is 2.56. The Hall–Kier alpha value is -1.51. The van der Waals surface area contributed by atoms with E-state index in [9.17, 15) is 9.90 Å². The van der Waals surface area contributed by atoms with Crippen molar-refractivity contribution in [2.24, 2.45) is 5.92 Å². The Kier molecular flexibility index (Phi) is 6.40. The number of phenolic OH excluding ortho intramolecular Hbond substituents is 1. The maximum absolute atomic E-state index is 11.9. The fourth-order valence-corrected chi connectivity index (χ4v) is 1.98. The van der Waals surface area contributed by atoms with Gasteiger partial charge in [0, 0.05) is 0 Å². The molecule has 0 amide bonds. The summed E-state index contributed by atoms with van der Waals surface area (Å²) in [7, 11) is 0. The number of esters is 1. The second kappa shape index (κ2) is 7.82. The van der Waals surface area contributed by atoms with E-state index < -0.39 is 5.97 Å². The Morgan fingerprint density at radius 1 is 1.37 bits per heavy atom. The lowest BCUT2D eigenvalue weighted by Gasteiger charge is -2.15. The van der Waals surface area contributed by atoms with E-state index in [1.807, 2.05) is 6.92 Å². The summed E-state index contributed by atoms with van der Waals surface area (Å²) in [4.78, 5) is 11.9. The lowest BCUT2D eigenvalue weighted by molar-refractivity contribution is 0.0425. The average Bonchev–Trinajstić information content (AvgIpc) is 2.41. The first-order valence-electron chi connectivity index (χ1n) is 7.05. The van der Waals surface area contributed by atoms with Gasteiger partial charge in [0.1, 0.15) is 11.3 Å². The molecule has 1 unspecified atom stereocenters. The SMILES string of the molecule is CCCCC(CC)COC(=O)c1cc(C)ccc1O. The van der Waals surface area contributed by atoms with Crippen molar-refractivity contribution in [3.05, 3.63) is 29.3 Å². The van der Waals surface area contributed by atoms with Gasteiger partial charge in [0.2, 0.25) is 0 Å². The van der Waals surface area contributed by atoms with Gasteiger partial charge in [-0.15, -0.1) is 0 Å². The molecule has 106 valence electrons. The van der Waals surface area contributed by atoms with Crippen LogP contribution in [-0.2, 0) is 4.74 Å². The number of aromatic hydroxyl groups is 1. The molecule has 0 radical (unpaired) electrons. The first-order chi connectivity index (χ1) is 9.08. The third-order valence-corrected chi connectivity index (χ3v) is 3.37. The van der Waals surface area contributed by atoms with E-state index in [1.54, 1.807) is 12.1 Å². The number of hydrogen-bond acceptors (Lipinski definition) is 3. The van der Waals surface area contributed by atoms with Crippen LogP contribution in [0.15, 0.2) is 18.2 Å². The zero-order valence-electron chi connectivity index (χ0n) is 12.1. The first-order valence-corrected chi connectivity index (χ1v) is 7.05. The summed E-state index contributed by atoms with van der Waals surface area (Å²) in [6, 6.07) is 4.95. The van der Waals surface area contributed by atoms with Crippen LogP contribution >= 0.6 is 0 Å². The third-order valence-electron chi connectivity index (χ3n) is 3.37. The fraction of sp³-hybridized carbons (Fsp3) is 0.562. The number of ether oxygens (including phenoxy) is 1. The molecular weight excluding hydrogens is 240 g/mol. The molecule has 3 nitrogen and oxygen atoms in total.